The number of aromatic nitrogens is 2. The second-order valence-corrected chi connectivity index (χ2v) is 7.98. The molecule has 2 atom stereocenters. The van der Waals surface area contributed by atoms with Gasteiger partial charge in [-0.05, 0) is 37.7 Å². The molecule has 5 nitrogen and oxygen atoms in total. The Labute approximate surface area is 130 Å². The average Bonchev–Trinajstić information content (AvgIpc) is 2.75. The van der Waals surface area contributed by atoms with Crippen LogP contribution in [-0.4, -0.2) is 21.1 Å². The maximum Gasteiger partial charge on any atom is 0.260 e. The quantitative estimate of drug-likeness (QED) is 0.668. The van der Waals surface area contributed by atoms with Gasteiger partial charge in [-0.15, -0.1) is 11.3 Å². The highest BCUT2D eigenvalue weighted by Gasteiger charge is 2.23. The Morgan fingerprint density at radius 1 is 1.57 bits per heavy atom. The molecular weight excluding hydrogens is 306 g/mol. The lowest BCUT2D eigenvalue weighted by Crippen LogP contribution is -2.23. The van der Waals surface area contributed by atoms with Crippen molar-refractivity contribution in [3.63, 3.8) is 0 Å². The number of nitrogens with two attached hydrogens (primary N) is 1. The van der Waals surface area contributed by atoms with E-state index in [0.29, 0.717) is 11.1 Å². The van der Waals surface area contributed by atoms with E-state index in [1.54, 1.807) is 18.3 Å². The molecule has 0 fully saturated rings. The zero-order chi connectivity index (χ0) is 15.1. The smallest absolute Gasteiger partial charge is 0.260 e. The van der Waals surface area contributed by atoms with Crippen molar-refractivity contribution in [2.75, 3.05) is 0 Å². The van der Waals surface area contributed by atoms with Gasteiger partial charge < -0.3 is 10.7 Å². The number of primary amides is 1. The van der Waals surface area contributed by atoms with Crippen LogP contribution >= 0.6 is 23.1 Å². The van der Waals surface area contributed by atoms with Crippen molar-refractivity contribution in [1.29, 1.82) is 0 Å². The Kier molecular flexibility index (Phi) is 3.79. The third-order valence-corrected chi connectivity index (χ3v) is 5.98. The first-order valence-corrected chi connectivity index (χ1v) is 8.66. The van der Waals surface area contributed by atoms with Crippen molar-refractivity contribution < 1.29 is 4.79 Å². The lowest BCUT2D eigenvalue weighted by atomic mass is 9.89. The second-order valence-electron chi connectivity index (χ2n) is 5.57. The third-order valence-electron chi connectivity index (χ3n) is 3.83. The predicted octanol–water partition coefficient (Wildman–Crippen LogP) is 2.08. The Balaban J connectivity index is 2.05. The number of hydrogen-bond acceptors (Lipinski definition) is 5. The van der Waals surface area contributed by atoms with E-state index in [2.05, 4.69) is 16.9 Å². The van der Waals surface area contributed by atoms with Gasteiger partial charge in [-0.1, -0.05) is 18.7 Å². The summed E-state index contributed by atoms with van der Waals surface area (Å²) in [6.45, 7) is 3.94. The molecule has 0 saturated carbocycles. The summed E-state index contributed by atoms with van der Waals surface area (Å²) in [4.78, 5) is 32.8. The number of nitrogens with zero attached hydrogens (tertiary/aromatic N) is 1. The molecular formula is C14H17N3O2S2. The molecule has 21 heavy (non-hydrogen) atoms. The maximum atomic E-state index is 12.3. The standard InChI is InChI=1S/C14H17N3O2S2/c1-6-3-4-8-9(5-6)21-13-10(8)12(19)16-14(17-13)20-7(2)11(15)18/h6-7H,3-5H2,1-2H3,(H2,15,18)(H,16,17,19)/t6-,7-/m0/s1. The van der Waals surface area contributed by atoms with Crippen LogP contribution < -0.4 is 11.3 Å². The highest BCUT2D eigenvalue weighted by Crippen LogP contribution is 2.36. The van der Waals surface area contributed by atoms with Gasteiger partial charge in [0.15, 0.2) is 5.16 Å². The van der Waals surface area contributed by atoms with E-state index < -0.39 is 11.2 Å². The maximum absolute atomic E-state index is 12.3. The van der Waals surface area contributed by atoms with Gasteiger partial charge in [0.05, 0.1) is 10.6 Å². The number of hydrogen-bond donors (Lipinski definition) is 2. The fourth-order valence-electron chi connectivity index (χ4n) is 2.61. The van der Waals surface area contributed by atoms with Crippen LogP contribution in [0.1, 0.15) is 30.7 Å². The molecule has 2 heterocycles. The first-order chi connectivity index (χ1) is 9.95. The Morgan fingerprint density at radius 2 is 2.33 bits per heavy atom. The van der Waals surface area contributed by atoms with Crippen LogP contribution in [0, 0.1) is 5.92 Å². The van der Waals surface area contributed by atoms with Gasteiger partial charge in [0, 0.05) is 4.88 Å². The lowest BCUT2D eigenvalue weighted by Gasteiger charge is -2.17. The Hall–Kier alpha value is -1.34. The molecule has 0 aliphatic heterocycles. The van der Waals surface area contributed by atoms with Gasteiger partial charge in [-0.25, -0.2) is 4.98 Å². The monoisotopic (exact) mass is 323 g/mol. The normalized spacial score (nSPS) is 19.4. The molecule has 0 unspecified atom stereocenters. The fourth-order valence-corrected chi connectivity index (χ4v) is 4.80. The van der Waals surface area contributed by atoms with Crippen molar-refractivity contribution >= 4 is 39.2 Å². The first-order valence-electron chi connectivity index (χ1n) is 6.96. The molecule has 1 amide bonds. The Morgan fingerprint density at radius 3 is 3.05 bits per heavy atom. The number of fused-ring (bicyclic) bond motifs is 3. The largest absolute Gasteiger partial charge is 0.369 e. The summed E-state index contributed by atoms with van der Waals surface area (Å²) >= 11 is 2.80. The van der Waals surface area contributed by atoms with Gasteiger partial charge in [0.1, 0.15) is 4.83 Å². The minimum Gasteiger partial charge on any atom is -0.369 e. The summed E-state index contributed by atoms with van der Waals surface area (Å²) in [5, 5.41) is 0.781. The van der Waals surface area contributed by atoms with Crippen LogP contribution in [0.25, 0.3) is 10.2 Å². The van der Waals surface area contributed by atoms with E-state index in [1.165, 1.54) is 22.2 Å². The number of nitrogens with one attached hydrogen (secondary N) is 1. The Bertz CT molecular complexity index is 765. The van der Waals surface area contributed by atoms with Gasteiger partial charge in [0.25, 0.3) is 5.56 Å². The van der Waals surface area contributed by atoms with E-state index in [-0.39, 0.29) is 5.56 Å². The van der Waals surface area contributed by atoms with E-state index in [4.69, 9.17) is 5.73 Å². The van der Waals surface area contributed by atoms with Crippen LogP contribution in [-0.2, 0) is 17.6 Å². The van der Waals surface area contributed by atoms with Crippen LogP contribution in [0.5, 0.6) is 0 Å². The van der Waals surface area contributed by atoms with Gasteiger partial charge in [-0.3, -0.25) is 9.59 Å². The van der Waals surface area contributed by atoms with Gasteiger partial charge in [-0.2, -0.15) is 0 Å². The molecule has 0 bridgehead atoms. The van der Waals surface area contributed by atoms with Crippen molar-refractivity contribution in [2.45, 2.75) is 43.5 Å². The highest BCUT2D eigenvalue weighted by atomic mass is 32.2. The molecule has 7 heteroatoms. The molecule has 2 aromatic heterocycles. The van der Waals surface area contributed by atoms with Crippen molar-refractivity contribution in [3.8, 4) is 0 Å². The van der Waals surface area contributed by atoms with E-state index in [1.807, 2.05) is 0 Å². The summed E-state index contributed by atoms with van der Waals surface area (Å²) in [7, 11) is 0. The zero-order valence-corrected chi connectivity index (χ0v) is 13.6. The molecule has 0 spiro atoms. The number of rotatable bonds is 3. The number of thiophene rings is 1. The molecule has 1 aliphatic carbocycles. The second kappa shape index (κ2) is 5.46. The number of carbonyl (C=O) groups is 1. The third kappa shape index (κ3) is 2.72. The van der Waals surface area contributed by atoms with E-state index >= 15 is 0 Å². The molecule has 2 aromatic rings. The number of amides is 1. The summed E-state index contributed by atoms with van der Waals surface area (Å²) in [6.07, 6.45) is 3.09. The molecule has 112 valence electrons. The zero-order valence-electron chi connectivity index (χ0n) is 11.9. The highest BCUT2D eigenvalue weighted by molar-refractivity contribution is 8.00. The molecule has 1 aliphatic rings. The average molecular weight is 323 g/mol. The minimum atomic E-state index is -0.416. The van der Waals surface area contributed by atoms with Crippen LogP contribution in [0.2, 0.25) is 0 Å². The molecule has 0 aromatic carbocycles. The lowest BCUT2D eigenvalue weighted by molar-refractivity contribution is -0.117. The number of thioether (sulfide) groups is 1. The summed E-state index contributed by atoms with van der Waals surface area (Å²) in [6, 6.07) is 0. The molecule has 3 rings (SSSR count). The van der Waals surface area contributed by atoms with Crippen molar-refractivity contribution in [1.82, 2.24) is 9.97 Å². The predicted molar refractivity (Wildman–Crippen MR) is 85.9 cm³/mol. The number of aromatic amines is 1. The SMILES string of the molecule is C[C@H]1CCc2c(sc3nc(S[C@@H](C)C(N)=O)[nH]c(=O)c23)C1. The molecule has 3 N–H and O–H groups in total. The van der Waals surface area contributed by atoms with E-state index in [9.17, 15) is 9.59 Å². The fraction of sp³-hybridized carbons (Fsp3) is 0.500. The topological polar surface area (TPSA) is 88.8 Å². The molecule has 0 saturated heterocycles. The number of H-pyrrole nitrogens is 1. The number of carbonyl (C=O) groups excluding carboxylic acids is 1. The van der Waals surface area contributed by atoms with Crippen molar-refractivity contribution in [3.05, 3.63) is 20.8 Å². The van der Waals surface area contributed by atoms with E-state index in [0.717, 1.165) is 29.5 Å². The van der Waals surface area contributed by atoms with Crippen LogP contribution in [0.15, 0.2) is 9.95 Å². The van der Waals surface area contributed by atoms with Crippen LogP contribution in [0.4, 0.5) is 0 Å². The summed E-state index contributed by atoms with van der Waals surface area (Å²) in [5.41, 5.74) is 6.31. The number of aryl methyl sites for hydroxylation is 1. The first kappa shape index (κ1) is 14.6. The summed E-state index contributed by atoms with van der Waals surface area (Å²) < 4.78 is 0. The van der Waals surface area contributed by atoms with Crippen LogP contribution in [0.3, 0.4) is 0 Å². The van der Waals surface area contributed by atoms with Gasteiger partial charge in [0.2, 0.25) is 5.91 Å². The van der Waals surface area contributed by atoms with Crippen molar-refractivity contribution in [2.24, 2.45) is 11.7 Å². The molecule has 0 radical (unpaired) electrons. The van der Waals surface area contributed by atoms with Gasteiger partial charge >= 0.3 is 0 Å². The summed E-state index contributed by atoms with van der Waals surface area (Å²) in [5.74, 6) is 0.246. The minimum absolute atomic E-state index is 0.105.